The number of hydrogen-bond donors (Lipinski definition) is 2. The predicted octanol–water partition coefficient (Wildman–Crippen LogP) is 1.76. The Hall–Kier alpha value is -1.03. The summed E-state index contributed by atoms with van der Waals surface area (Å²) in [6.45, 7) is 2.83. The molecule has 1 rings (SSSR count). The van der Waals surface area contributed by atoms with Crippen LogP contribution in [0.3, 0.4) is 0 Å². The van der Waals surface area contributed by atoms with Crippen LogP contribution in [-0.4, -0.2) is 22.8 Å². The minimum atomic E-state index is -0.698. The highest BCUT2D eigenvalue weighted by Gasteiger charge is 1.99. The Morgan fingerprint density at radius 2 is 2.20 bits per heavy atom. The standard InChI is InChI=1S/C11H18N2OS/c1-9-10(12)5-3-6-11(9)13-7-4-8-15(2)14/h3,5-6,13H,4,7-8,12H2,1-2H3. The van der Waals surface area contributed by atoms with Gasteiger partial charge in [-0.15, -0.1) is 0 Å². The Labute approximate surface area is 93.5 Å². The molecule has 0 spiro atoms. The van der Waals surface area contributed by atoms with E-state index in [0.29, 0.717) is 0 Å². The van der Waals surface area contributed by atoms with Crippen LogP contribution in [0.4, 0.5) is 11.4 Å². The molecule has 0 radical (unpaired) electrons. The SMILES string of the molecule is Cc1c(N)cccc1NCCCS(C)=O. The van der Waals surface area contributed by atoms with Crippen LogP contribution in [-0.2, 0) is 10.8 Å². The van der Waals surface area contributed by atoms with E-state index < -0.39 is 10.8 Å². The average molecular weight is 226 g/mol. The summed E-state index contributed by atoms with van der Waals surface area (Å²) in [5.41, 5.74) is 8.73. The van der Waals surface area contributed by atoms with E-state index in [-0.39, 0.29) is 0 Å². The average Bonchev–Trinajstić information content (AvgIpc) is 2.18. The Morgan fingerprint density at radius 3 is 2.87 bits per heavy atom. The number of nitrogens with two attached hydrogens (primary N) is 1. The van der Waals surface area contributed by atoms with Gasteiger partial charge in [0.15, 0.2) is 0 Å². The van der Waals surface area contributed by atoms with Crippen LogP contribution in [0.15, 0.2) is 18.2 Å². The van der Waals surface area contributed by atoms with Crippen LogP contribution in [0, 0.1) is 6.92 Å². The van der Waals surface area contributed by atoms with Crippen LogP contribution in [0.25, 0.3) is 0 Å². The van der Waals surface area contributed by atoms with Gasteiger partial charge >= 0.3 is 0 Å². The molecule has 0 fully saturated rings. The molecule has 0 aliphatic rings. The molecule has 0 saturated heterocycles. The van der Waals surface area contributed by atoms with Crippen LogP contribution in [0.1, 0.15) is 12.0 Å². The van der Waals surface area contributed by atoms with Gasteiger partial charge in [0.25, 0.3) is 0 Å². The van der Waals surface area contributed by atoms with Crippen LogP contribution >= 0.6 is 0 Å². The fourth-order valence-electron chi connectivity index (χ4n) is 1.34. The maximum absolute atomic E-state index is 10.8. The number of rotatable bonds is 5. The molecule has 1 atom stereocenters. The molecule has 1 aromatic carbocycles. The molecule has 1 unspecified atom stereocenters. The largest absolute Gasteiger partial charge is 0.398 e. The first-order valence-corrected chi connectivity index (χ1v) is 6.73. The first kappa shape index (κ1) is 12.0. The van der Waals surface area contributed by atoms with Crippen molar-refractivity contribution in [3.63, 3.8) is 0 Å². The summed E-state index contributed by atoms with van der Waals surface area (Å²) >= 11 is 0. The van der Waals surface area contributed by atoms with Gasteiger partial charge in [0, 0.05) is 40.7 Å². The lowest BCUT2D eigenvalue weighted by Gasteiger charge is -2.10. The molecule has 15 heavy (non-hydrogen) atoms. The fraction of sp³-hybridized carbons (Fsp3) is 0.455. The van der Waals surface area contributed by atoms with Crippen molar-refractivity contribution >= 4 is 22.2 Å². The number of benzene rings is 1. The van der Waals surface area contributed by atoms with Gasteiger partial charge < -0.3 is 11.1 Å². The first-order chi connectivity index (χ1) is 7.11. The van der Waals surface area contributed by atoms with E-state index in [0.717, 1.165) is 35.7 Å². The van der Waals surface area contributed by atoms with Gasteiger partial charge in [-0.25, -0.2) is 0 Å². The van der Waals surface area contributed by atoms with Crippen molar-refractivity contribution in [2.45, 2.75) is 13.3 Å². The second kappa shape index (κ2) is 5.75. The summed E-state index contributed by atoms with van der Waals surface area (Å²) in [4.78, 5) is 0. The zero-order valence-corrected chi connectivity index (χ0v) is 10.1. The van der Waals surface area contributed by atoms with Crippen molar-refractivity contribution in [3.8, 4) is 0 Å². The number of anilines is 2. The van der Waals surface area contributed by atoms with Gasteiger partial charge in [0.05, 0.1) is 0 Å². The number of hydrogen-bond acceptors (Lipinski definition) is 3. The highest BCUT2D eigenvalue weighted by Crippen LogP contribution is 2.20. The van der Waals surface area contributed by atoms with E-state index in [1.54, 1.807) is 6.26 Å². The smallest absolute Gasteiger partial charge is 0.0390 e. The lowest BCUT2D eigenvalue weighted by atomic mass is 10.1. The molecule has 1 aromatic rings. The van der Waals surface area contributed by atoms with E-state index >= 15 is 0 Å². The van der Waals surface area contributed by atoms with E-state index in [2.05, 4.69) is 5.32 Å². The van der Waals surface area contributed by atoms with E-state index in [1.165, 1.54) is 0 Å². The molecule has 4 heteroatoms. The zero-order valence-electron chi connectivity index (χ0n) is 9.25. The minimum Gasteiger partial charge on any atom is -0.398 e. The summed E-state index contributed by atoms with van der Waals surface area (Å²) in [6, 6.07) is 5.83. The third kappa shape index (κ3) is 3.91. The minimum absolute atomic E-state index is 0.698. The van der Waals surface area contributed by atoms with Gasteiger partial charge in [-0.05, 0) is 31.0 Å². The zero-order chi connectivity index (χ0) is 11.3. The van der Waals surface area contributed by atoms with Gasteiger partial charge in [0.1, 0.15) is 0 Å². The van der Waals surface area contributed by atoms with Crippen LogP contribution < -0.4 is 11.1 Å². The van der Waals surface area contributed by atoms with Crippen molar-refractivity contribution in [2.75, 3.05) is 29.6 Å². The number of nitrogens with one attached hydrogen (secondary N) is 1. The summed E-state index contributed by atoms with van der Waals surface area (Å²) in [7, 11) is -0.698. The fourth-order valence-corrected chi connectivity index (χ4v) is 1.89. The topological polar surface area (TPSA) is 55.1 Å². The summed E-state index contributed by atoms with van der Waals surface area (Å²) in [5, 5.41) is 3.29. The van der Waals surface area contributed by atoms with Gasteiger partial charge in [-0.1, -0.05) is 6.07 Å². The molecule has 3 N–H and O–H groups in total. The van der Waals surface area contributed by atoms with Gasteiger partial charge in [-0.3, -0.25) is 4.21 Å². The third-order valence-corrected chi connectivity index (χ3v) is 3.16. The molecule has 0 heterocycles. The number of nitrogen functional groups attached to an aromatic ring is 1. The molecule has 0 amide bonds. The highest BCUT2D eigenvalue weighted by atomic mass is 32.2. The molecule has 0 bridgehead atoms. The Bertz CT molecular complexity index is 352. The lowest BCUT2D eigenvalue weighted by molar-refractivity contribution is 0.685. The van der Waals surface area contributed by atoms with Crippen molar-refractivity contribution in [3.05, 3.63) is 23.8 Å². The van der Waals surface area contributed by atoms with E-state index in [1.807, 2.05) is 25.1 Å². The summed E-state index contributed by atoms with van der Waals surface area (Å²) < 4.78 is 10.8. The van der Waals surface area contributed by atoms with Crippen molar-refractivity contribution in [1.29, 1.82) is 0 Å². The Balaban J connectivity index is 2.44. The highest BCUT2D eigenvalue weighted by molar-refractivity contribution is 7.84. The van der Waals surface area contributed by atoms with Crippen molar-refractivity contribution in [1.82, 2.24) is 0 Å². The lowest BCUT2D eigenvalue weighted by Crippen LogP contribution is -2.07. The molecule has 84 valence electrons. The molecule has 0 aliphatic heterocycles. The van der Waals surface area contributed by atoms with E-state index in [4.69, 9.17) is 5.73 Å². The second-order valence-electron chi connectivity index (χ2n) is 3.58. The maximum atomic E-state index is 10.8. The monoisotopic (exact) mass is 226 g/mol. The normalized spacial score (nSPS) is 12.4. The predicted molar refractivity (Wildman–Crippen MR) is 67.6 cm³/mol. The molecule has 0 aliphatic carbocycles. The molecule has 0 aromatic heterocycles. The van der Waals surface area contributed by atoms with Gasteiger partial charge in [-0.2, -0.15) is 0 Å². The quantitative estimate of drug-likeness (QED) is 0.594. The van der Waals surface area contributed by atoms with Crippen molar-refractivity contribution < 1.29 is 4.21 Å². The maximum Gasteiger partial charge on any atom is 0.0390 e. The van der Waals surface area contributed by atoms with Crippen molar-refractivity contribution in [2.24, 2.45) is 0 Å². The molecule has 0 saturated carbocycles. The molecular formula is C11H18N2OS. The molecule has 3 nitrogen and oxygen atoms in total. The second-order valence-corrected chi connectivity index (χ2v) is 5.13. The Morgan fingerprint density at radius 1 is 1.47 bits per heavy atom. The summed E-state index contributed by atoms with van der Waals surface area (Å²) in [6.07, 6.45) is 2.64. The third-order valence-electron chi connectivity index (χ3n) is 2.30. The molecular weight excluding hydrogens is 208 g/mol. The summed E-state index contributed by atoms with van der Waals surface area (Å²) in [5.74, 6) is 0.744. The Kier molecular flexibility index (Phi) is 4.62. The van der Waals surface area contributed by atoms with E-state index in [9.17, 15) is 4.21 Å². The first-order valence-electron chi connectivity index (χ1n) is 5.00. The van der Waals surface area contributed by atoms with Gasteiger partial charge in [0.2, 0.25) is 0 Å². The van der Waals surface area contributed by atoms with Crippen LogP contribution in [0.2, 0.25) is 0 Å². The van der Waals surface area contributed by atoms with Crippen LogP contribution in [0.5, 0.6) is 0 Å².